The summed E-state index contributed by atoms with van der Waals surface area (Å²) in [5.74, 6) is -1.04. The zero-order chi connectivity index (χ0) is 18.7. The number of aromatic nitrogens is 1. The highest BCUT2D eigenvalue weighted by Crippen LogP contribution is 2.33. The smallest absolute Gasteiger partial charge is 0.253 e. The lowest BCUT2D eigenvalue weighted by Gasteiger charge is -2.38. The van der Waals surface area contributed by atoms with E-state index in [1.165, 1.54) is 12.3 Å². The second kappa shape index (κ2) is 7.62. The quantitative estimate of drug-likeness (QED) is 0.895. The van der Waals surface area contributed by atoms with Crippen LogP contribution in [0.1, 0.15) is 28.8 Å². The number of amides is 1. The molecule has 2 aliphatic heterocycles. The van der Waals surface area contributed by atoms with Crippen molar-refractivity contribution in [3.8, 4) is 0 Å². The number of hydrogen-bond donors (Lipinski definition) is 1. The lowest BCUT2D eigenvalue weighted by Crippen LogP contribution is -2.45. The van der Waals surface area contributed by atoms with E-state index in [0.717, 1.165) is 31.6 Å². The van der Waals surface area contributed by atoms with Crippen LogP contribution in [0, 0.1) is 5.82 Å². The van der Waals surface area contributed by atoms with Crippen LogP contribution in [-0.2, 0) is 16.0 Å². The van der Waals surface area contributed by atoms with Crippen LogP contribution in [0.3, 0.4) is 0 Å². The number of pyridine rings is 1. The van der Waals surface area contributed by atoms with E-state index in [4.69, 9.17) is 9.47 Å². The van der Waals surface area contributed by atoms with E-state index in [2.05, 4.69) is 15.2 Å². The van der Waals surface area contributed by atoms with E-state index in [1.54, 1.807) is 24.4 Å². The molecule has 0 saturated carbocycles. The molecular formula is C20H22FN3O3. The van der Waals surface area contributed by atoms with Crippen molar-refractivity contribution in [2.24, 2.45) is 0 Å². The summed E-state index contributed by atoms with van der Waals surface area (Å²) >= 11 is 0. The van der Waals surface area contributed by atoms with Crippen molar-refractivity contribution in [3.63, 3.8) is 0 Å². The number of carbonyl (C=O) groups excluding carboxylic acids is 1. The second-order valence-corrected chi connectivity index (χ2v) is 6.80. The van der Waals surface area contributed by atoms with Gasteiger partial charge in [-0.15, -0.1) is 0 Å². The van der Waals surface area contributed by atoms with Crippen LogP contribution in [0.5, 0.6) is 0 Å². The first kappa shape index (κ1) is 17.9. The Morgan fingerprint density at radius 1 is 1.19 bits per heavy atom. The van der Waals surface area contributed by atoms with Gasteiger partial charge in [0.2, 0.25) is 0 Å². The number of piperidine rings is 1. The molecule has 0 aliphatic carbocycles. The van der Waals surface area contributed by atoms with Crippen LogP contribution in [0.2, 0.25) is 0 Å². The molecule has 0 radical (unpaired) electrons. The van der Waals surface area contributed by atoms with Gasteiger partial charge in [0.15, 0.2) is 5.79 Å². The minimum atomic E-state index is -0.432. The highest BCUT2D eigenvalue weighted by Gasteiger charge is 2.39. The van der Waals surface area contributed by atoms with Gasteiger partial charge in [-0.1, -0.05) is 18.2 Å². The maximum atomic E-state index is 13.7. The van der Waals surface area contributed by atoms with E-state index in [0.29, 0.717) is 24.3 Å². The van der Waals surface area contributed by atoms with Crippen LogP contribution in [0.25, 0.3) is 0 Å². The molecule has 1 N–H and O–H groups in total. The van der Waals surface area contributed by atoms with Gasteiger partial charge in [0.1, 0.15) is 5.82 Å². The van der Waals surface area contributed by atoms with Crippen molar-refractivity contribution < 1.29 is 18.7 Å². The molecule has 1 spiro atoms. The van der Waals surface area contributed by atoms with E-state index < -0.39 is 5.79 Å². The Bertz CT molecular complexity index is 814. The normalized spacial score (nSPS) is 18.6. The summed E-state index contributed by atoms with van der Waals surface area (Å²) in [6.07, 6.45) is 4.85. The van der Waals surface area contributed by atoms with Gasteiger partial charge in [0, 0.05) is 44.2 Å². The fourth-order valence-electron chi connectivity index (χ4n) is 3.54. The topological polar surface area (TPSA) is 63.7 Å². The van der Waals surface area contributed by atoms with Crippen LogP contribution < -0.4 is 10.2 Å². The van der Waals surface area contributed by atoms with Crippen molar-refractivity contribution in [3.05, 3.63) is 59.7 Å². The summed E-state index contributed by atoms with van der Waals surface area (Å²) in [6.45, 7) is 3.00. The number of nitrogens with one attached hydrogen (secondary N) is 1. The first-order chi connectivity index (χ1) is 13.2. The van der Waals surface area contributed by atoms with E-state index >= 15 is 0 Å². The average molecular weight is 371 g/mol. The van der Waals surface area contributed by atoms with E-state index in [1.807, 2.05) is 6.07 Å². The van der Waals surface area contributed by atoms with Crippen LogP contribution >= 0.6 is 0 Å². The SMILES string of the molecule is O=C(NCc1ccccc1F)c1cncc(N2CCC3(CC2)OCCO3)c1. The van der Waals surface area contributed by atoms with Gasteiger partial charge in [0.05, 0.1) is 30.7 Å². The molecule has 2 saturated heterocycles. The average Bonchev–Trinajstić information content (AvgIpc) is 3.16. The Kier molecular flexibility index (Phi) is 5.05. The minimum Gasteiger partial charge on any atom is -0.370 e. The largest absolute Gasteiger partial charge is 0.370 e. The van der Waals surface area contributed by atoms with Gasteiger partial charge in [-0.05, 0) is 12.1 Å². The summed E-state index contributed by atoms with van der Waals surface area (Å²) < 4.78 is 25.2. The molecule has 0 bridgehead atoms. The highest BCUT2D eigenvalue weighted by atomic mass is 19.1. The maximum absolute atomic E-state index is 13.7. The number of benzene rings is 1. The number of hydrogen-bond acceptors (Lipinski definition) is 5. The van der Waals surface area contributed by atoms with Crippen molar-refractivity contribution in [2.45, 2.75) is 25.2 Å². The molecule has 1 amide bonds. The molecule has 0 unspecified atom stereocenters. The fourth-order valence-corrected chi connectivity index (χ4v) is 3.54. The Hall–Kier alpha value is -2.51. The molecule has 142 valence electrons. The number of nitrogens with zero attached hydrogens (tertiary/aromatic N) is 2. The van der Waals surface area contributed by atoms with Crippen LogP contribution in [0.15, 0.2) is 42.7 Å². The number of rotatable bonds is 4. The first-order valence-corrected chi connectivity index (χ1v) is 9.15. The van der Waals surface area contributed by atoms with Crippen LogP contribution in [0.4, 0.5) is 10.1 Å². The van der Waals surface area contributed by atoms with Crippen molar-refractivity contribution >= 4 is 11.6 Å². The number of ether oxygens (including phenoxy) is 2. The number of anilines is 1. The van der Waals surface area contributed by atoms with Crippen molar-refractivity contribution in [1.82, 2.24) is 10.3 Å². The zero-order valence-corrected chi connectivity index (χ0v) is 15.0. The highest BCUT2D eigenvalue weighted by molar-refractivity contribution is 5.94. The number of halogens is 1. The van der Waals surface area contributed by atoms with Gasteiger partial charge in [-0.3, -0.25) is 9.78 Å². The zero-order valence-electron chi connectivity index (χ0n) is 15.0. The summed E-state index contributed by atoms with van der Waals surface area (Å²) in [6, 6.07) is 8.22. The van der Waals surface area contributed by atoms with Gasteiger partial charge in [0.25, 0.3) is 5.91 Å². The maximum Gasteiger partial charge on any atom is 0.253 e. The molecule has 0 atom stereocenters. The molecule has 1 aromatic heterocycles. The molecule has 3 heterocycles. The first-order valence-electron chi connectivity index (χ1n) is 9.15. The van der Waals surface area contributed by atoms with Gasteiger partial charge in [-0.25, -0.2) is 4.39 Å². The predicted octanol–water partition coefficient (Wildman–Crippen LogP) is 2.49. The Morgan fingerprint density at radius 2 is 1.93 bits per heavy atom. The van der Waals surface area contributed by atoms with Gasteiger partial charge >= 0.3 is 0 Å². The molecule has 6 nitrogen and oxygen atoms in total. The molecule has 27 heavy (non-hydrogen) atoms. The molecule has 2 aliphatic rings. The molecule has 2 aromatic rings. The number of carbonyl (C=O) groups is 1. The molecule has 4 rings (SSSR count). The van der Waals surface area contributed by atoms with Crippen LogP contribution in [-0.4, -0.2) is 43.0 Å². The minimum absolute atomic E-state index is 0.136. The third-order valence-electron chi connectivity index (χ3n) is 5.09. The fraction of sp³-hybridized carbons (Fsp3) is 0.400. The standard InChI is InChI=1S/C20H22FN3O3/c21-18-4-2-1-3-15(18)13-23-19(25)16-11-17(14-22-12-16)24-7-5-20(6-8-24)26-9-10-27-20/h1-4,11-12,14H,5-10,13H2,(H,23,25). The van der Waals surface area contributed by atoms with E-state index in [9.17, 15) is 9.18 Å². The molecule has 1 aromatic carbocycles. The van der Waals surface area contributed by atoms with E-state index in [-0.39, 0.29) is 18.3 Å². The summed E-state index contributed by atoms with van der Waals surface area (Å²) in [5.41, 5.74) is 1.80. The van der Waals surface area contributed by atoms with Crippen molar-refractivity contribution in [1.29, 1.82) is 0 Å². The third-order valence-corrected chi connectivity index (χ3v) is 5.09. The van der Waals surface area contributed by atoms with Crippen molar-refractivity contribution in [2.75, 3.05) is 31.2 Å². The third kappa shape index (κ3) is 3.94. The second-order valence-electron chi connectivity index (χ2n) is 6.80. The lowest BCUT2D eigenvalue weighted by atomic mass is 10.0. The molecular weight excluding hydrogens is 349 g/mol. The lowest BCUT2D eigenvalue weighted by molar-refractivity contribution is -0.169. The van der Waals surface area contributed by atoms with Gasteiger partial charge < -0.3 is 19.7 Å². The predicted molar refractivity (Wildman–Crippen MR) is 97.9 cm³/mol. The Balaban J connectivity index is 1.39. The summed E-state index contributed by atoms with van der Waals surface area (Å²) in [5, 5.41) is 2.75. The Labute approximate surface area is 157 Å². The summed E-state index contributed by atoms with van der Waals surface area (Å²) in [7, 11) is 0. The van der Waals surface area contributed by atoms with Gasteiger partial charge in [-0.2, -0.15) is 0 Å². The monoisotopic (exact) mass is 371 g/mol. The molecule has 2 fully saturated rings. The Morgan fingerprint density at radius 3 is 2.67 bits per heavy atom. The molecule has 7 heteroatoms. The summed E-state index contributed by atoms with van der Waals surface area (Å²) in [4.78, 5) is 18.8.